The molecule has 0 saturated carbocycles. The number of nitrogens with one attached hydrogen (secondary N) is 1. The zero-order valence-corrected chi connectivity index (χ0v) is 18.6. The molecule has 1 atom stereocenters. The van der Waals surface area contributed by atoms with Gasteiger partial charge in [-0.05, 0) is 48.3 Å². The first-order chi connectivity index (χ1) is 13.2. The van der Waals surface area contributed by atoms with E-state index in [1.165, 1.54) is 35.5 Å². The third kappa shape index (κ3) is 4.00. The summed E-state index contributed by atoms with van der Waals surface area (Å²) < 4.78 is 5.12. The van der Waals surface area contributed by atoms with E-state index in [0.29, 0.717) is 27.8 Å². The van der Waals surface area contributed by atoms with Gasteiger partial charge in [0.15, 0.2) is 5.75 Å². The molecule has 2 aromatic rings. The highest BCUT2D eigenvalue weighted by Gasteiger charge is 2.32. The predicted molar refractivity (Wildman–Crippen MR) is 115 cm³/mol. The molecule has 1 heterocycles. The Hall–Kier alpha value is -1.74. The molecule has 4 nitrogen and oxygen atoms in total. The van der Waals surface area contributed by atoms with Crippen LogP contribution in [0.1, 0.15) is 53.6 Å². The molecular formula is C21H22Cl2N2O2S. The van der Waals surface area contributed by atoms with Crippen molar-refractivity contribution >= 4 is 45.4 Å². The molecule has 1 aliphatic rings. The van der Waals surface area contributed by atoms with Crippen molar-refractivity contribution in [3.05, 3.63) is 43.7 Å². The number of thiophene rings is 1. The minimum atomic E-state index is -0.353. The molecule has 1 aromatic carbocycles. The molecule has 148 valence electrons. The lowest BCUT2D eigenvalue weighted by atomic mass is 9.72. The summed E-state index contributed by atoms with van der Waals surface area (Å²) in [4.78, 5) is 13.9. The van der Waals surface area contributed by atoms with Crippen molar-refractivity contribution in [3.63, 3.8) is 0 Å². The Balaban J connectivity index is 1.89. The Bertz CT molecular complexity index is 947. The summed E-state index contributed by atoms with van der Waals surface area (Å²) in [6, 6.07) is 5.30. The van der Waals surface area contributed by atoms with Crippen molar-refractivity contribution < 1.29 is 9.53 Å². The summed E-state index contributed by atoms with van der Waals surface area (Å²) in [5, 5.41) is 13.7. The van der Waals surface area contributed by atoms with Gasteiger partial charge in [0, 0.05) is 10.4 Å². The normalized spacial score (nSPS) is 16.2. The highest BCUT2D eigenvalue weighted by atomic mass is 35.5. The van der Waals surface area contributed by atoms with Gasteiger partial charge in [-0.3, -0.25) is 4.79 Å². The molecule has 3 rings (SSSR count). The molecule has 1 aliphatic carbocycles. The van der Waals surface area contributed by atoms with E-state index in [4.69, 9.17) is 27.9 Å². The van der Waals surface area contributed by atoms with Crippen molar-refractivity contribution in [2.75, 3.05) is 12.4 Å². The van der Waals surface area contributed by atoms with Gasteiger partial charge in [-0.2, -0.15) is 5.26 Å². The predicted octanol–water partition coefficient (Wildman–Crippen LogP) is 6.34. The number of benzene rings is 1. The minimum Gasteiger partial charge on any atom is -0.494 e. The Labute approximate surface area is 179 Å². The summed E-state index contributed by atoms with van der Waals surface area (Å²) in [5.74, 6) is 0.541. The zero-order chi connectivity index (χ0) is 20.6. The van der Waals surface area contributed by atoms with Crippen LogP contribution in [0.2, 0.25) is 10.0 Å². The lowest BCUT2D eigenvalue weighted by Crippen LogP contribution is -2.26. The number of carbonyl (C=O) groups is 1. The molecular weight excluding hydrogens is 415 g/mol. The van der Waals surface area contributed by atoms with E-state index in [1.807, 2.05) is 0 Å². The van der Waals surface area contributed by atoms with E-state index in [1.54, 1.807) is 0 Å². The van der Waals surface area contributed by atoms with E-state index >= 15 is 0 Å². The summed E-state index contributed by atoms with van der Waals surface area (Å²) in [7, 11) is 1.47. The smallest absolute Gasteiger partial charge is 0.256 e. The second kappa shape index (κ2) is 7.94. The van der Waals surface area contributed by atoms with E-state index in [0.717, 1.165) is 24.8 Å². The highest BCUT2D eigenvalue weighted by Crippen LogP contribution is 2.44. The Morgan fingerprint density at radius 2 is 1.96 bits per heavy atom. The molecule has 0 radical (unpaired) electrons. The number of nitriles is 1. The Morgan fingerprint density at radius 3 is 2.50 bits per heavy atom. The molecule has 0 fully saturated rings. The monoisotopic (exact) mass is 436 g/mol. The van der Waals surface area contributed by atoms with Crippen LogP contribution in [-0.2, 0) is 12.8 Å². The third-order valence-corrected chi connectivity index (χ3v) is 7.02. The van der Waals surface area contributed by atoms with Gasteiger partial charge in [-0.15, -0.1) is 11.3 Å². The van der Waals surface area contributed by atoms with Crippen molar-refractivity contribution in [2.24, 2.45) is 11.3 Å². The number of hydrogen-bond acceptors (Lipinski definition) is 4. The fourth-order valence-corrected chi connectivity index (χ4v) is 5.51. The number of methoxy groups -OCH3 is 1. The van der Waals surface area contributed by atoms with Crippen LogP contribution in [0.4, 0.5) is 5.00 Å². The first kappa shape index (κ1) is 21.0. The van der Waals surface area contributed by atoms with Gasteiger partial charge in [-0.25, -0.2) is 0 Å². The molecule has 1 N–H and O–H groups in total. The lowest BCUT2D eigenvalue weighted by molar-refractivity contribution is 0.102. The number of nitrogens with zero attached hydrogens (tertiary/aromatic N) is 1. The van der Waals surface area contributed by atoms with Crippen molar-refractivity contribution in [1.82, 2.24) is 0 Å². The number of anilines is 1. The van der Waals surface area contributed by atoms with Crippen LogP contribution in [0.3, 0.4) is 0 Å². The molecule has 1 aromatic heterocycles. The number of fused-ring (bicyclic) bond motifs is 1. The topological polar surface area (TPSA) is 62.1 Å². The van der Waals surface area contributed by atoms with E-state index < -0.39 is 0 Å². The number of ether oxygens (including phenoxy) is 1. The maximum Gasteiger partial charge on any atom is 0.256 e. The van der Waals surface area contributed by atoms with Crippen molar-refractivity contribution in [2.45, 2.75) is 40.0 Å². The largest absolute Gasteiger partial charge is 0.494 e. The number of halogens is 2. The number of rotatable bonds is 3. The lowest BCUT2D eigenvalue weighted by Gasteiger charge is -2.33. The zero-order valence-electron chi connectivity index (χ0n) is 16.3. The van der Waals surface area contributed by atoms with Gasteiger partial charge in [-0.1, -0.05) is 44.0 Å². The molecule has 0 spiro atoms. The van der Waals surface area contributed by atoms with Crippen LogP contribution < -0.4 is 10.1 Å². The van der Waals surface area contributed by atoms with Crippen LogP contribution in [0.25, 0.3) is 0 Å². The number of carbonyl (C=O) groups excluding carboxylic acids is 1. The van der Waals surface area contributed by atoms with Crippen LogP contribution in [-0.4, -0.2) is 13.0 Å². The van der Waals surface area contributed by atoms with Crippen LogP contribution in [0.15, 0.2) is 12.1 Å². The van der Waals surface area contributed by atoms with Gasteiger partial charge < -0.3 is 10.1 Å². The first-order valence-electron chi connectivity index (χ1n) is 9.04. The third-order valence-electron chi connectivity index (χ3n) is 5.29. The summed E-state index contributed by atoms with van der Waals surface area (Å²) >= 11 is 13.8. The summed E-state index contributed by atoms with van der Waals surface area (Å²) in [6.07, 6.45) is 2.86. The molecule has 0 saturated heterocycles. The Morgan fingerprint density at radius 1 is 1.32 bits per heavy atom. The van der Waals surface area contributed by atoms with Crippen molar-refractivity contribution in [1.29, 1.82) is 5.26 Å². The number of amides is 1. The second-order valence-corrected chi connectivity index (χ2v) is 9.97. The maximum atomic E-state index is 12.8. The molecule has 0 bridgehead atoms. The standard InChI is InChI=1S/C21H22Cl2N2O2S/c1-21(2,3)12-5-6-13-14(10-24)20(28-17(13)9-12)25-19(26)11-7-15(22)18(27-4)16(23)8-11/h7-8,12H,5-6,9H2,1-4H3,(H,25,26). The van der Waals surface area contributed by atoms with E-state index in [2.05, 4.69) is 32.2 Å². The second-order valence-electron chi connectivity index (χ2n) is 8.05. The summed E-state index contributed by atoms with van der Waals surface area (Å²) in [5.41, 5.74) is 2.19. The first-order valence-corrected chi connectivity index (χ1v) is 10.6. The fraction of sp³-hybridized carbons (Fsp3) is 0.429. The van der Waals surface area contributed by atoms with Gasteiger partial charge in [0.05, 0.1) is 22.7 Å². The summed E-state index contributed by atoms with van der Waals surface area (Å²) in [6.45, 7) is 6.75. The van der Waals surface area contributed by atoms with Gasteiger partial charge in [0.2, 0.25) is 0 Å². The maximum absolute atomic E-state index is 12.8. The number of hydrogen-bond donors (Lipinski definition) is 1. The molecule has 7 heteroatoms. The van der Waals surface area contributed by atoms with Gasteiger partial charge in [0.25, 0.3) is 5.91 Å². The SMILES string of the molecule is COc1c(Cl)cc(C(=O)Nc2sc3c(c2C#N)CCC(C(C)(C)C)C3)cc1Cl. The van der Waals surface area contributed by atoms with Crippen molar-refractivity contribution in [3.8, 4) is 11.8 Å². The van der Waals surface area contributed by atoms with Crippen LogP contribution >= 0.6 is 34.5 Å². The van der Waals surface area contributed by atoms with Gasteiger partial charge in [0.1, 0.15) is 11.1 Å². The molecule has 0 aliphatic heterocycles. The average Bonchev–Trinajstić information content (AvgIpc) is 2.96. The average molecular weight is 437 g/mol. The van der Waals surface area contributed by atoms with Crippen LogP contribution in [0, 0.1) is 22.7 Å². The minimum absolute atomic E-state index is 0.217. The molecule has 1 amide bonds. The fourth-order valence-electron chi connectivity index (χ4n) is 3.59. The van der Waals surface area contributed by atoms with Crippen LogP contribution in [0.5, 0.6) is 5.75 Å². The van der Waals surface area contributed by atoms with E-state index in [-0.39, 0.29) is 21.4 Å². The highest BCUT2D eigenvalue weighted by molar-refractivity contribution is 7.16. The molecule has 1 unspecified atom stereocenters. The van der Waals surface area contributed by atoms with E-state index in [9.17, 15) is 10.1 Å². The quantitative estimate of drug-likeness (QED) is 0.610. The molecule has 28 heavy (non-hydrogen) atoms. The van der Waals surface area contributed by atoms with Gasteiger partial charge >= 0.3 is 0 Å². The Kier molecular flexibility index (Phi) is 5.95.